The third kappa shape index (κ3) is 3.19. The van der Waals surface area contributed by atoms with Crippen molar-refractivity contribution in [3.63, 3.8) is 0 Å². The molecule has 0 unspecified atom stereocenters. The number of amides is 1. The molecule has 1 heterocycles. The lowest BCUT2D eigenvalue weighted by molar-refractivity contribution is 0.101. The second kappa shape index (κ2) is 6.75. The largest absolute Gasteiger partial charge is 0.340 e. The molecule has 0 spiro atoms. The number of hydrogen-bond acceptors (Lipinski definition) is 1. The van der Waals surface area contributed by atoms with Gasteiger partial charge in [0.05, 0.1) is 0 Å². The first-order valence-electron chi connectivity index (χ1n) is 8.88. The van der Waals surface area contributed by atoms with E-state index in [9.17, 15) is 4.79 Å². The van der Waals surface area contributed by atoms with E-state index in [0.717, 1.165) is 16.6 Å². The third-order valence-electron chi connectivity index (χ3n) is 4.80. The van der Waals surface area contributed by atoms with E-state index in [-0.39, 0.29) is 5.91 Å². The van der Waals surface area contributed by atoms with E-state index in [1.54, 1.807) is 0 Å². The van der Waals surface area contributed by atoms with Crippen LogP contribution in [0, 0.1) is 0 Å². The molecule has 0 aliphatic heterocycles. The zero-order valence-corrected chi connectivity index (χ0v) is 15.6. The van der Waals surface area contributed by atoms with E-state index in [1.165, 1.54) is 11.1 Å². The first-order valence-corrected chi connectivity index (χ1v) is 8.88. The molecule has 0 aliphatic carbocycles. The number of rotatable bonds is 4. The summed E-state index contributed by atoms with van der Waals surface area (Å²) in [6.07, 6.45) is 0. The Bertz CT molecular complexity index is 893. The standard InChI is InChI=1S/C22H26N2O/c1-14(2)17-10-8-11-18(15(3)4)21(17)23-22(25)20-13-16-9-6-7-12-19(16)24(20)5/h6-15H,1-5H3,(H,23,25). The molecule has 130 valence electrons. The molecule has 0 saturated carbocycles. The number of fused-ring (bicyclic) bond motifs is 1. The maximum Gasteiger partial charge on any atom is 0.272 e. The van der Waals surface area contributed by atoms with Crippen LogP contribution < -0.4 is 5.32 Å². The molecular formula is C22H26N2O. The van der Waals surface area contributed by atoms with E-state index >= 15 is 0 Å². The summed E-state index contributed by atoms with van der Waals surface area (Å²) >= 11 is 0. The van der Waals surface area contributed by atoms with E-state index < -0.39 is 0 Å². The first-order chi connectivity index (χ1) is 11.9. The van der Waals surface area contributed by atoms with E-state index in [4.69, 9.17) is 0 Å². The van der Waals surface area contributed by atoms with Gasteiger partial charge in [-0.15, -0.1) is 0 Å². The lowest BCUT2D eigenvalue weighted by atomic mass is 9.92. The highest BCUT2D eigenvalue weighted by Gasteiger charge is 2.19. The number of para-hydroxylation sites is 2. The predicted molar refractivity (Wildman–Crippen MR) is 105 cm³/mol. The third-order valence-corrected chi connectivity index (χ3v) is 4.80. The molecule has 3 heteroatoms. The Morgan fingerprint density at radius 2 is 1.52 bits per heavy atom. The monoisotopic (exact) mass is 334 g/mol. The van der Waals surface area contributed by atoms with Crippen molar-refractivity contribution in [2.75, 3.05) is 5.32 Å². The van der Waals surface area contributed by atoms with Gasteiger partial charge in [0, 0.05) is 23.6 Å². The van der Waals surface area contributed by atoms with Crippen molar-refractivity contribution in [2.24, 2.45) is 7.05 Å². The zero-order chi connectivity index (χ0) is 18.1. The minimum atomic E-state index is -0.0614. The molecule has 1 aromatic heterocycles. The second-order valence-corrected chi connectivity index (χ2v) is 7.22. The van der Waals surface area contributed by atoms with Crippen molar-refractivity contribution in [1.82, 2.24) is 4.57 Å². The lowest BCUT2D eigenvalue weighted by Gasteiger charge is -2.20. The maximum absolute atomic E-state index is 13.0. The highest BCUT2D eigenvalue weighted by molar-refractivity contribution is 6.07. The molecule has 0 aliphatic rings. The van der Waals surface area contributed by atoms with Gasteiger partial charge in [-0.1, -0.05) is 64.1 Å². The fourth-order valence-electron chi connectivity index (χ4n) is 3.38. The van der Waals surface area contributed by atoms with Crippen LogP contribution in [0.2, 0.25) is 0 Å². The molecule has 25 heavy (non-hydrogen) atoms. The number of benzene rings is 2. The van der Waals surface area contributed by atoms with Crippen LogP contribution in [0.5, 0.6) is 0 Å². The van der Waals surface area contributed by atoms with Crippen LogP contribution in [0.1, 0.15) is 61.1 Å². The van der Waals surface area contributed by atoms with Crippen LogP contribution in [0.3, 0.4) is 0 Å². The highest BCUT2D eigenvalue weighted by Crippen LogP contribution is 2.33. The van der Waals surface area contributed by atoms with Crippen molar-refractivity contribution in [3.8, 4) is 0 Å². The molecule has 2 aromatic carbocycles. The van der Waals surface area contributed by atoms with Gasteiger partial charge in [-0.2, -0.15) is 0 Å². The van der Waals surface area contributed by atoms with Crippen molar-refractivity contribution in [2.45, 2.75) is 39.5 Å². The quantitative estimate of drug-likeness (QED) is 0.654. The molecule has 1 N–H and O–H groups in total. The van der Waals surface area contributed by atoms with Gasteiger partial charge >= 0.3 is 0 Å². The van der Waals surface area contributed by atoms with Crippen LogP contribution in [0.15, 0.2) is 48.5 Å². The predicted octanol–water partition coefficient (Wildman–Crippen LogP) is 5.68. The normalized spacial score (nSPS) is 11.5. The van der Waals surface area contributed by atoms with Crippen LogP contribution in [0.4, 0.5) is 5.69 Å². The van der Waals surface area contributed by atoms with Crippen LogP contribution in [-0.4, -0.2) is 10.5 Å². The van der Waals surface area contributed by atoms with E-state index in [2.05, 4.69) is 51.2 Å². The van der Waals surface area contributed by atoms with Gasteiger partial charge in [-0.05, 0) is 35.1 Å². The molecule has 0 bridgehead atoms. The minimum absolute atomic E-state index is 0.0614. The molecule has 0 atom stereocenters. The highest BCUT2D eigenvalue weighted by atomic mass is 16.1. The number of aromatic nitrogens is 1. The Morgan fingerprint density at radius 3 is 2.08 bits per heavy atom. The Morgan fingerprint density at radius 1 is 0.920 bits per heavy atom. The number of anilines is 1. The Hall–Kier alpha value is -2.55. The SMILES string of the molecule is CC(C)c1cccc(C(C)C)c1NC(=O)c1cc2ccccc2n1C. The minimum Gasteiger partial charge on any atom is -0.340 e. The average Bonchev–Trinajstić information content (AvgIpc) is 2.92. The maximum atomic E-state index is 13.0. The van der Waals surface area contributed by atoms with Crippen molar-refractivity contribution < 1.29 is 4.79 Å². The second-order valence-electron chi connectivity index (χ2n) is 7.22. The van der Waals surface area contributed by atoms with Crippen LogP contribution in [0.25, 0.3) is 10.9 Å². The summed E-state index contributed by atoms with van der Waals surface area (Å²) in [7, 11) is 1.94. The van der Waals surface area contributed by atoms with E-state index in [1.807, 2.05) is 41.9 Å². The van der Waals surface area contributed by atoms with Crippen LogP contribution in [-0.2, 0) is 7.05 Å². The number of aryl methyl sites for hydroxylation is 1. The summed E-state index contributed by atoms with van der Waals surface area (Å²) in [5.41, 5.74) is 5.06. The number of nitrogens with zero attached hydrogens (tertiary/aromatic N) is 1. The van der Waals surface area contributed by atoms with Gasteiger partial charge < -0.3 is 9.88 Å². The molecule has 3 aromatic rings. The van der Waals surface area contributed by atoms with Crippen molar-refractivity contribution in [1.29, 1.82) is 0 Å². The summed E-state index contributed by atoms with van der Waals surface area (Å²) in [5, 5.41) is 4.28. The molecule has 3 rings (SSSR count). The Balaban J connectivity index is 2.04. The smallest absolute Gasteiger partial charge is 0.272 e. The fourth-order valence-corrected chi connectivity index (χ4v) is 3.38. The first kappa shape index (κ1) is 17.3. The molecule has 1 amide bonds. The van der Waals surface area contributed by atoms with Crippen LogP contribution >= 0.6 is 0 Å². The number of hydrogen-bond donors (Lipinski definition) is 1. The van der Waals surface area contributed by atoms with Gasteiger partial charge in [0.2, 0.25) is 0 Å². The molecular weight excluding hydrogens is 308 g/mol. The molecule has 0 fully saturated rings. The van der Waals surface area contributed by atoms with Crippen molar-refractivity contribution in [3.05, 3.63) is 65.4 Å². The fraction of sp³-hybridized carbons (Fsp3) is 0.318. The Labute approximate surface area is 149 Å². The number of carbonyl (C=O) groups is 1. The average molecular weight is 334 g/mol. The molecule has 0 radical (unpaired) electrons. The van der Waals surface area contributed by atoms with Gasteiger partial charge in [0.25, 0.3) is 5.91 Å². The molecule has 3 nitrogen and oxygen atoms in total. The summed E-state index contributed by atoms with van der Waals surface area (Å²) in [5.74, 6) is 0.636. The summed E-state index contributed by atoms with van der Waals surface area (Å²) < 4.78 is 1.96. The number of nitrogens with one attached hydrogen (secondary N) is 1. The van der Waals surface area contributed by atoms with E-state index in [0.29, 0.717) is 17.5 Å². The molecule has 0 saturated heterocycles. The topological polar surface area (TPSA) is 34.0 Å². The summed E-state index contributed by atoms with van der Waals surface area (Å²) in [6, 6.07) is 16.3. The Kier molecular flexibility index (Phi) is 4.67. The summed E-state index contributed by atoms with van der Waals surface area (Å²) in [4.78, 5) is 13.0. The number of carbonyl (C=O) groups excluding carboxylic acids is 1. The van der Waals surface area contributed by atoms with Gasteiger partial charge in [-0.25, -0.2) is 0 Å². The lowest BCUT2D eigenvalue weighted by Crippen LogP contribution is -2.18. The zero-order valence-electron chi connectivity index (χ0n) is 15.6. The van der Waals surface area contributed by atoms with Gasteiger partial charge in [-0.3, -0.25) is 4.79 Å². The van der Waals surface area contributed by atoms with Crippen molar-refractivity contribution >= 4 is 22.5 Å². The van der Waals surface area contributed by atoms with Gasteiger partial charge in [0.1, 0.15) is 5.69 Å². The summed E-state index contributed by atoms with van der Waals surface area (Å²) in [6.45, 7) is 8.63. The van der Waals surface area contributed by atoms with Gasteiger partial charge in [0.15, 0.2) is 0 Å².